The molecule has 0 fully saturated rings. The number of hydrogen-bond donors (Lipinski definition) is 1. The highest BCUT2D eigenvalue weighted by molar-refractivity contribution is 7.98. The Kier molecular flexibility index (Phi) is 4.52. The largest absolute Gasteiger partial charge is 0.504 e. The Labute approximate surface area is 139 Å². The van der Waals surface area contributed by atoms with E-state index in [2.05, 4.69) is 27.0 Å². The number of nitrogens with zero attached hydrogens (tertiary/aromatic N) is 4. The van der Waals surface area contributed by atoms with Gasteiger partial charge in [0, 0.05) is 44.1 Å². The summed E-state index contributed by atoms with van der Waals surface area (Å²) < 4.78 is 1.80. The summed E-state index contributed by atoms with van der Waals surface area (Å²) in [5.41, 5.74) is 2.43. The molecule has 0 saturated carbocycles. The van der Waals surface area contributed by atoms with Crippen LogP contribution < -0.4 is 4.90 Å². The molecule has 0 bridgehead atoms. The Bertz CT molecular complexity index is 801. The van der Waals surface area contributed by atoms with Gasteiger partial charge in [-0.25, -0.2) is 9.97 Å². The smallest absolute Gasteiger partial charge is 0.181 e. The maximum absolute atomic E-state index is 9.98. The van der Waals surface area contributed by atoms with Crippen LogP contribution in [0.25, 0.3) is 5.82 Å². The third-order valence-electron chi connectivity index (χ3n) is 3.43. The number of imidazole rings is 1. The third-order valence-corrected chi connectivity index (χ3v) is 4.45. The molecule has 3 rings (SSSR count). The van der Waals surface area contributed by atoms with Crippen molar-refractivity contribution < 1.29 is 5.11 Å². The van der Waals surface area contributed by atoms with Crippen LogP contribution in [0.1, 0.15) is 5.56 Å². The van der Waals surface area contributed by atoms with E-state index in [9.17, 15) is 5.11 Å². The van der Waals surface area contributed by atoms with Gasteiger partial charge in [0.2, 0.25) is 0 Å². The summed E-state index contributed by atoms with van der Waals surface area (Å²) in [6.07, 6.45) is 5.18. The van der Waals surface area contributed by atoms with Gasteiger partial charge in [0.25, 0.3) is 0 Å². The molecule has 3 aromatic rings. The van der Waals surface area contributed by atoms with Gasteiger partial charge in [0.05, 0.1) is 0 Å². The predicted molar refractivity (Wildman–Crippen MR) is 93.4 cm³/mol. The Morgan fingerprint density at radius 2 is 1.91 bits per heavy atom. The normalized spacial score (nSPS) is 10.7. The van der Waals surface area contributed by atoms with Crippen molar-refractivity contribution in [3.63, 3.8) is 0 Å². The van der Waals surface area contributed by atoms with Crippen molar-refractivity contribution in [3.05, 3.63) is 60.6 Å². The second-order valence-corrected chi connectivity index (χ2v) is 6.18. The van der Waals surface area contributed by atoms with Crippen molar-refractivity contribution in [1.82, 2.24) is 14.5 Å². The molecular weight excluding hydrogens is 308 g/mol. The lowest BCUT2D eigenvalue weighted by Crippen LogP contribution is -2.10. The number of benzene rings is 1. The Hall–Kier alpha value is -2.47. The summed E-state index contributed by atoms with van der Waals surface area (Å²) in [4.78, 5) is 10.7. The summed E-state index contributed by atoms with van der Waals surface area (Å²) in [5, 5.41) is 10.8. The fourth-order valence-electron chi connectivity index (χ4n) is 2.34. The second kappa shape index (κ2) is 6.75. The molecular formula is C17H18N4OS. The monoisotopic (exact) mass is 326 g/mol. The van der Waals surface area contributed by atoms with Crippen LogP contribution in [0, 0.1) is 0 Å². The second-order valence-electron chi connectivity index (χ2n) is 5.24. The molecule has 0 spiro atoms. The fourth-order valence-corrected chi connectivity index (χ4v) is 3.29. The maximum Gasteiger partial charge on any atom is 0.181 e. The third kappa shape index (κ3) is 3.32. The SMILES string of the molecule is CN(C)c1ccccc1CSc1nccn1-c1ncccc1O. The van der Waals surface area contributed by atoms with Crippen LogP contribution in [0.2, 0.25) is 0 Å². The maximum atomic E-state index is 9.98. The Morgan fingerprint density at radius 3 is 2.70 bits per heavy atom. The molecule has 2 heterocycles. The van der Waals surface area contributed by atoms with Crippen molar-refractivity contribution >= 4 is 17.4 Å². The topological polar surface area (TPSA) is 54.2 Å². The number of aromatic hydroxyl groups is 1. The van der Waals surface area contributed by atoms with Crippen LogP contribution >= 0.6 is 11.8 Å². The zero-order valence-electron chi connectivity index (χ0n) is 13.0. The van der Waals surface area contributed by atoms with Crippen LogP contribution in [0.5, 0.6) is 5.75 Å². The summed E-state index contributed by atoms with van der Waals surface area (Å²) in [5.74, 6) is 1.42. The van der Waals surface area contributed by atoms with Crippen LogP contribution in [0.3, 0.4) is 0 Å². The van der Waals surface area contributed by atoms with Gasteiger partial charge in [0.15, 0.2) is 16.7 Å². The Balaban J connectivity index is 1.84. The van der Waals surface area contributed by atoms with Crippen LogP contribution in [-0.4, -0.2) is 33.7 Å². The van der Waals surface area contributed by atoms with E-state index >= 15 is 0 Å². The highest BCUT2D eigenvalue weighted by atomic mass is 32.2. The van der Waals surface area contributed by atoms with E-state index in [-0.39, 0.29) is 5.75 Å². The van der Waals surface area contributed by atoms with Gasteiger partial charge in [0.1, 0.15) is 0 Å². The van der Waals surface area contributed by atoms with Crippen molar-refractivity contribution in [2.24, 2.45) is 0 Å². The zero-order valence-corrected chi connectivity index (χ0v) is 13.9. The first-order valence-electron chi connectivity index (χ1n) is 7.22. The molecule has 0 saturated heterocycles. The van der Waals surface area contributed by atoms with E-state index in [1.54, 1.807) is 40.9 Å². The Morgan fingerprint density at radius 1 is 1.09 bits per heavy atom. The minimum atomic E-state index is 0.140. The first kappa shape index (κ1) is 15.4. The molecule has 0 atom stereocenters. The minimum Gasteiger partial charge on any atom is -0.504 e. The molecule has 6 heteroatoms. The predicted octanol–water partition coefficient (Wildman–Crippen LogP) is 3.33. The van der Waals surface area contributed by atoms with Crippen molar-refractivity contribution in [2.45, 2.75) is 10.9 Å². The van der Waals surface area contributed by atoms with Crippen LogP contribution in [0.4, 0.5) is 5.69 Å². The van der Waals surface area contributed by atoms with E-state index in [0.29, 0.717) is 5.82 Å². The molecule has 1 N–H and O–H groups in total. The summed E-state index contributed by atoms with van der Waals surface area (Å²) >= 11 is 1.62. The zero-order chi connectivity index (χ0) is 16.2. The molecule has 0 amide bonds. The van der Waals surface area contributed by atoms with Gasteiger partial charge in [-0.1, -0.05) is 30.0 Å². The average molecular weight is 326 g/mol. The van der Waals surface area contributed by atoms with Gasteiger partial charge in [-0.2, -0.15) is 0 Å². The van der Waals surface area contributed by atoms with Gasteiger partial charge in [-0.3, -0.25) is 4.57 Å². The van der Waals surface area contributed by atoms with E-state index in [0.717, 1.165) is 10.9 Å². The summed E-state index contributed by atoms with van der Waals surface area (Å²) in [7, 11) is 4.08. The standard InChI is InChI=1S/C17H18N4OS/c1-20(2)14-7-4-3-6-13(14)12-23-17-19-10-11-21(17)16-15(22)8-5-9-18-16/h3-11,22H,12H2,1-2H3. The van der Waals surface area contributed by atoms with Gasteiger partial charge >= 0.3 is 0 Å². The lowest BCUT2D eigenvalue weighted by molar-refractivity contribution is 0.467. The number of pyridine rings is 1. The summed E-state index contributed by atoms with van der Waals surface area (Å²) in [6, 6.07) is 11.6. The molecule has 0 aliphatic heterocycles. The fraction of sp³-hybridized carbons (Fsp3) is 0.176. The molecule has 5 nitrogen and oxygen atoms in total. The van der Waals surface area contributed by atoms with E-state index in [1.807, 2.05) is 32.4 Å². The highest BCUT2D eigenvalue weighted by Gasteiger charge is 2.12. The summed E-state index contributed by atoms with van der Waals surface area (Å²) in [6.45, 7) is 0. The first-order chi connectivity index (χ1) is 11.2. The molecule has 0 radical (unpaired) electrons. The van der Waals surface area contributed by atoms with Crippen molar-refractivity contribution in [3.8, 4) is 11.6 Å². The number of hydrogen-bond acceptors (Lipinski definition) is 5. The molecule has 0 aliphatic carbocycles. The van der Waals surface area contributed by atoms with Crippen LogP contribution in [-0.2, 0) is 5.75 Å². The van der Waals surface area contributed by atoms with E-state index < -0.39 is 0 Å². The highest BCUT2D eigenvalue weighted by Crippen LogP contribution is 2.29. The average Bonchev–Trinajstić information content (AvgIpc) is 3.02. The molecule has 118 valence electrons. The lowest BCUT2D eigenvalue weighted by Gasteiger charge is -2.17. The van der Waals surface area contributed by atoms with Crippen molar-refractivity contribution in [2.75, 3.05) is 19.0 Å². The van der Waals surface area contributed by atoms with Gasteiger partial charge in [-0.15, -0.1) is 0 Å². The molecule has 23 heavy (non-hydrogen) atoms. The number of aromatic nitrogens is 3. The minimum absolute atomic E-state index is 0.140. The van der Waals surface area contributed by atoms with Gasteiger partial charge in [-0.05, 0) is 23.8 Å². The van der Waals surface area contributed by atoms with E-state index in [4.69, 9.17) is 0 Å². The molecule has 0 unspecified atom stereocenters. The van der Waals surface area contributed by atoms with E-state index in [1.165, 1.54) is 11.3 Å². The molecule has 2 aromatic heterocycles. The lowest BCUT2D eigenvalue weighted by atomic mass is 10.2. The number of thioether (sulfide) groups is 1. The van der Waals surface area contributed by atoms with Crippen molar-refractivity contribution in [1.29, 1.82) is 0 Å². The quantitative estimate of drug-likeness (QED) is 0.729. The number of anilines is 1. The molecule has 0 aliphatic rings. The first-order valence-corrected chi connectivity index (χ1v) is 8.21. The van der Waals surface area contributed by atoms with Gasteiger partial charge < -0.3 is 10.0 Å². The number of rotatable bonds is 5. The molecule has 1 aromatic carbocycles. The number of para-hydroxylation sites is 1. The van der Waals surface area contributed by atoms with Crippen LogP contribution in [0.15, 0.2) is 60.1 Å².